The van der Waals surface area contributed by atoms with Gasteiger partial charge in [-0.3, -0.25) is 0 Å². The second kappa shape index (κ2) is 6.36. The molecule has 3 heteroatoms. The smallest absolute Gasteiger partial charge is 0.129 e. The average molecular weight is 288 g/mol. The molecule has 16 heavy (non-hydrogen) atoms. The van der Waals surface area contributed by atoms with Crippen molar-refractivity contribution < 1.29 is 4.39 Å². The van der Waals surface area contributed by atoms with E-state index < -0.39 is 0 Å². The molecule has 1 aromatic rings. The number of hydrogen-bond donors (Lipinski definition) is 1. The summed E-state index contributed by atoms with van der Waals surface area (Å²) >= 11 is 3.26. The lowest BCUT2D eigenvalue weighted by Gasteiger charge is -2.20. The van der Waals surface area contributed by atoms with Crippen molar-refractivity contribution in [2.75, 3.05) is 0 Å². The van der Waals surface area contributed by atoms with Crippen molar-refractivity contribution in [3.8, 4) is 0 Å². The average Bonchev–Trinajstić information content (AvgIpc) is 2.17. The molecule has 0 heterocycles. The highest BCUT2D eigenvalue weighted by atomic mass is 79.9. The van der Waals surface area contributed by atoms with Gasteiger partial charge >= 0.3 is 0 Å². The lowest BCUT2D eigenvalue weighted by molar-refractivity contribution is 0.440. The van der Waals surface area contributed by atoms with E-state index in [0.29, 0.717) is 6.04 Å². The van der Waals surface area contributed by atoms with Gasteiger partial charge in [0.25, 0.3) is 0 Å². The molecule has 1 N–H and O–H groups in total. The van der Waals surface area contributed by atoms with Crippen LogP contribution in [0.2, 0.25) is 0 Å². The Kier molecular flexibility index (Phi) is 5.42. The minimum Gasteiger partial charge on any atom is -0.308 e. The summed E-state index contributed by atoms with van der Waals surface area (Å²) in [4.78, 5) is 0. The first-order valence-electron chi connectivity index (χ1n) is 5.75. The van der Waals surface area contributed by atoms with Gasteiger partial charge in [0.2, 0.25) is 0 Å². The lowest BCUT2D eigenvalue weighted by Crippen LogP contribution is -2.29. The van der Waals surface area contributed by atoms with Crippen molar-refractivity contribution in [2.24, 2.45) is 0 Å². The van der Waals surface area contributed by atoms with Crippen LogP contribution in [0.25, 0.3) is 0 Å². The van der Waals surface area contributed by atoms with Gasteiger partial charge in [-0.2, -0.15) is 0 Å². The molecule has 1 nitrogen and oxygen atoms in total. The van der Waals surface area contributed by atoms with Crippen LogP contribution in [0, 0.1) is 5.82 Å². The predicted octanol–water partition coefficient (Wildman–Crippen LogP) is 4.43. The summed E-state index contributed by atoms with van der Waals surface area (Å²) in [5.74, 6) is -0.155. The van der Waals surface area contributed by atoms with Gasteiger partial charge in [0, 0.05) is 22.1 Å². The number of rotatable bonds is 5. The fraction of sp³-hybridized carbons (Fsp3) is 0.538. The van der Waals surface area contributed by atoms with Crippen LogP contribution in [0.5, 0.6) is 0 Å². The molecule has 0 aliphatic heterocycles. The topological polar surface area (TPSA) is 12.0 Å². The Labute approximate surface area is 106 Å². The Bertz CT molecular complexity index is 341. The van der Waals surface area contributed by atoms with Crippen LogP contribution in [-0.4, -0.2) is 6.04 Å². The third-order valence-corrected chi connectivity index (χ3v) is 3.18. The van der Waals surface area contributed by atoms with Crippen molar-refractivity contribution in [1.82, 2.24) is 5.32 Å². The molecule has 1 aromatic carbocycles. The molecular weight excluding hydrogens is 269 g/mol. The highest BCUT2D eigenvalue weighted by Gasteiger charge is 2.12. The van der Waals surface area contributed by atoms with E-state index in [1.54, 1.807) is 0 Å². The van der Waals surface area contributed by atoms with Gasteiger partial charge in [0.05, 0.1) is 0 Å². The number of hydrogen-bond acceptors (Lipinski definition) is 1. The van der Waals surface area contributed by atoms with Crippen molar-refractivity contribution >= 4 is 15.9 Å². The standard InChI is InChI=1S/C13H19BrFN/c1-4-5-9(2)16-10(3)12-7-6-11(14)8-13(12)15/h6-10,16H,4-5H2,1-3H3. The van der Waals surface area contributed by atoms with Crippen molar-refractivity contribution in [3.63, 3.8) is 0 Å². The van der Waals surface area contributed by atoms with Gasteiger partial charge in [-0.05, 0) is 32.4 Å². The Morgan fingerprint density at radius 3 is 2.62 bits per heavy atom. The lowest BCUT2D eigenvalue weighted by atomic mass is 10.1. The van der Waals surface area contributed by atoms with Crippen molar-refractivity contribution in [3.05, 3.63) is 34.1 Å². The zero-order valence-electron chi connectivity index (χ0n) is 10.1. The van der Waals surface area contributed by atoms with E-state index in [4.69, 9.17) is 0 Å². The van der Waals surface area contributed by atoms with Crippen LogP contribution < -0.4 is 5.32 Å². The van der Waals surface area contributed by atoms with E-state index in [2.05, 4.69) is 35.1 Å². The quantitative estimate of drug-likeness (QED) is 0.845. The summed E-state index contributed by atoms with van der Waals surface area (Å²) in [6.45, 7) is 6.29. The molecule has 0 spiro atoms. The zero-order chi connectivity index (χ0) is 12.1. The van der Waals surface area contributed by atoms with Crippen molar-refractivity contribution in [2.45, 2.75) is 45.7 Å². The van der Waals surface area contributed by atoms with Crippen LogP contribution in [0.1, 0.15) is 45.2 Å². The van der Waals surface area contributed by atoms with E-state index in [1.807, 2.05) is 19.1 Å². The maximum absolute atomic E-state index is 13.7. The van der Waals surface area contributed by atoms with Gasteiger partial charge in [-0.1, -0.05) is 35.3 Å². The van der Waals surface area contributed by atoms with Crippen LogP contribution in [0.3, 0.4) is 0 Å². The van der Waals surface area contributed by atoms with Gasteiger partial charge in [-0.15, -0.1) is 0 Å². The van der Waals surface area contributed by atoms with Crippen molar-refractivity contribution in [1.29, 1.82) is 0 Å². The molecule has 90 valence electrons. The molecule has 1 rings (SSSR count). The Hall–Kier alpha value is -0.410. The van der Waals surface area contributed by atoms with Gasteiger partial charge in [0.1, 0.15) is 5.82 Å². The maximum Gasteiger partial charge on any atom is 0.129 e. The highest BCUT2D eigenvalue weighted by Crippen LogP contribution is 2.21. The molecule has 0 amide bonds. The highest BCUT2D eigenvalue weighted by molar-refractivity contribution is 9.10. The largest absolute Gasteiger partial charge is 0.308 e. The molecule has 2 atom stereocenters. The van der Waals surface area contributed by atoms with Gasteiger partial charge in [0.15, 0.2) is 0 Å². The first-order chi connectivity index (χ1) is 7.54. The third-order valence-electron chi connectivity index (χ3n) is 2.69. The minimum absolute atomic E-state index is 0.0506. The number of halogens is 2. The van der Waals surface area contributed by atoms with Crippen LogP contribution in [0.4, 0.5) is 4.39 Å². The molecular formula is C13H19BrFN. The third kappa shape index (κ3) is 3.87. The molecule has 0 saturated heterocycles. The van der Waals surface area contributed by atoms with E-state index in [-0.39, 0.29) is 11.9 Å². The van der Waals surface area contributed by atoms with Crippen LogP contribution in [-0.2, 0) is 0 Å². The number of nitrogens with one attached hydrogen (secondary N) is 1. The fourth-order valence-electron chi connectivity index (χ4n) is 1.89. The molecule has 2 unspecified atom stereocenters. The molecule has 0 aliphatic carbocycles. The zero-order valence-corrected chi connectivity index (χ0v) is 11.6. The minimum atomic E-state index is -0.155. The second-order valence-electron chi connectivity index (χ2n) is 4.24. The molecule has 0 bridgehead atoms. The normalized spacial score (nSPS) is 14.8. The van der Waals surface area contributed by atoms with Gasteiger partial charge < -0.3 is 5.32 Å². The second-order valence-corrected chi connectivity index (χ2v) is 5.16. The monoisotopic (exact) mass is 287 g/mol. The summed E-state index contributed by atoms with van der Waals surface area (Å²) in [6.07, 6.45) is 2.26. The molecule has 0 aliphatic rings. The Morgan fingerprint density at radius 2 is 2.06 bits per heavy atom. The van der Waals surface area contributed by atoms with E-state index >= 15 is 0 Å². The maximum atomic E-state index is 13.7. The number of benzene rings is 1. The SMILES string of the molecule is CCCC(C)NC(C)c1ccc(Br)cc1F. The van der Waals surface area contributed by atoms with E-state index in [1.165, 1.54) is 6.07 Å². The first kappa shape index (κ1) is 13.7. The molecule has 0 saturated carbocycles. The molecule has 0 fully saturated rings. The Morgan fingerprint density at radius 1 is 1.38 bits per heavy atom. The summed E-state index contributed by atoms with van der Waals surface area (Å²) in [5, 5.41) is 3.40. The van der Waals surface area contributed by atoms with E-state index in [9.17, 15) is 4.39 Å². The van der Waals surface area contributed by atoms with E-state index in [0.717, 1.165) is 22.9 Å². The van der Waals surface area contributed by atoms with Crippen LogP contribution >= 0.6 is 15.9 Å². The fourth-order valence-corrected chi connectivity index (χ4v) is 2.22. The first-order valence-corrected chi connectivity index (χ1v) is 6.55. The summed E-state index contributed by atoms with van der Waals surface area (Å²) in [5.41, 5.74) is 0.728. The van der Waals surface area contributed by atoms with Gasteiger partial charge in [-0.25, -0.2) is 4.39 Å². The Balaban J connectivity index is 2.69. The summed E-state index contributed by atoms with van der Waals surface area (Å²) < 4.78 is 14.4. The molecule has 0 radical (unpaired) electrons. The molecule has 0 aromatic heterocycles. The predicted molar refractivity (Wildman–Crippen MR) is 70.0 cm³/mol. The summed E-state index contributed by atoms with van der Waals surface area (Å²) in [6, 6.07) is 5.69. The summed E-state index contributed by atoms with van der Waals surface area (Å²) in [7, 11) is 0. The van der Waals surface area contributed by atoms with Crippen LogP contribution in [0.15, 0.2) is 22.7 Å².